The first-order chi connectivity index (χ1) is 5.79. The lowest BCUT2D eigenvalue weighted by Crippen LogP contribution is -2.32. The van der Waals surface area contributed by atoms with Gasteiger partial charge in [0.05, 0.1) is 6.10 Å². The number of ether oxygens (including phenoxy) is 1. The van der Waals surface area contributed by atoms with Gasteiger partial charge in [0.15, 0.2) is 0 Å². The molecule has 1 fully saturated rings. The van der Waals surface area contributed by atoms with Gasteiger partial charge in [-0.2, -0.15) is 0 Å². The van der Waals surface area contributed by atoms with Gasteiger partial charge in [-0.3, -0.25) is 0 Å². The summed E-state index contributed by atoms with van der Waals surface area (Å²) in [5, 5.41) is 0. The molecule has 0 bridgehead atoms. The molecule has 0 saturated carbocycles. The van der Waals surface area contributed by atoms with Crippen LogP contribution in [0.1, 0.15) is 26.2 Å². The summed E-state index contributed by atoms with van der Waals surface area (Å²) in [6.45, 7) is 3.29. The molecule has 66 valence electrons. The average Bonchev–Trinajstić information content (AvgIpc) is 1.99. The Morgan fingerprint density at radius 3 is 2.83 bits per heavy atom. The molecule has 0 radical (unpaired) electrons. The van der Waals surface area contributed by atoms with Crippen LogP contribution >= 0.6 is 0 Å². The lowest BCUT2D eigenvalue weighted by Gasteiger charge is -2.35. The molecule has 1 nitrogen and oxygen atoms in total. The fraction of sp³-hybridized carbons (Fsp3) is 0.636. The molecular formula is C11H16O. The van der Waals surface area contributed by atoms with Gasteiger partial charge in [-0.25, -0.2) is 0 Å². The quantitative estimate of drug-likeness (QED) is 0.609. The van der Waals surface area contributed by atoms with Crippen LogP contribution in [0, 0.1) is 5.41 Å². The first kappa shape index (κ1) is 8.06. The second kappa shape index (κ2) is 3.06. The number of allylic oxidation sites excluding steroid dienone is 4. The van der Waals surface area contributed by atoms with E-state index < -0.39 is 0 Å². The van der Waals surface area contributed by atoms with Gasteiger partial charge in [-0.05, 0) is 24.7 Å². The Morgan fingerprint density at radius 2 is 2.33 bits per heavy atom. The maximum absolute atomic E-state index is 5.44. The summed E-state index contributed by atoms with van der Waals surface area (Å²) < 4.78 is 5.44. The van der Waals surface area contributed by atoms with Crippen LogP contribution in [0.2, 0.25) is 0 Å². The van der Waals surface area contributed by atoms with E-state index in [0.29, 0.717) is 11.5 Å². The number of rotatable bonds is 2. The van der Waals surface area contributed by atoms with Crippen molar-refractivity contribution in [3.05, 3.63) is 24.3 Å². The van der Waals surface area contributed by atoms with Crippen LogP contribution < -0.4 is 0 Å². The largest absolute Gasteiger partial charge is 0.378 e. The Hall–Kier alpha value is -0.560. The van der Waals surface area contributed by atoms with Crippen molar-refractivity contribution in [2.45, 2.75) is 32.3 Å². The van der Waals surface area contributed by atoms with E-state index in [1.165, 1.54) is 19.3 Å². The molecule has 0 amide bonds. The Balaban J connectivity index is 1.91. The van der Waals surface area contributed by atoms with Crippen LogP contribution in [0.4, 0.5) is 0 Å². The third-order valence-corrected chi connectivity index (χ3v) is 2.82. The summed E-state index contributed by atoms with van der Waals surface area (Å²) in [6, 6.07) is 0. The van der Waals surface area contributed by atoms with E-state index in [4.69, 9.17) is 4.74 Å². The molecule has 1 heteroatoms. The van der Waals surface area contributed by atoms with E-state index in [0.717, 1.165) is 6.61 Å². The fourth-order valence-electron chi connectivity index (χ4n) is 1.89. The molecule has 0 spiro atoms. The van der Waals surface area contributed by atoms with E-state index in [9.17, 15) is 0 Å². The van der Waals surface area contributed by atoms with Gasteiger partial charge in [0.1, 0.15) is 0 Å². The van der Waals surface area contributed by atoms with Crippen molar-refractivity contribution in [1.29, 1.82) is 0 Å². The number of hydrogen-bond acceptors (Lipinski definition) is 1. The van der Waals surface area contributed by atoms with Gasteiger partial charge < -0.3 is 4.74 Å². The maximum Gasteiger partial charge on any atom is 0.0605 e. The van der Waals surface area contributed by atoms with Crippen LogP contribution in [0.5, 0.6) is 0 Å². The van der Waals surface area contributed by atoms with Gasteiger partial charge >= 0.3 is 0 Å². The highest BCUT2D eigenvalue weighted by Crippen LogP contribution is 2.35. The standard InChI is InChI=1S/C11H16O/c1-11(6-3-2-4-7-11)9-10-5-8-12-10/h2-4,6,10H,5,7-9H2,1H3. The summed E-state index contributed by atoms with van der Waals surface area (Å²) in [4.78, 5) is 0. The molecule has 1 aliphatic heterocycles. The Morgan fingerprint density at radius 1 is 1.50 bits per heavy atom. The SMILES string of the molecule is CC1(CC2CCO2)C=CC=CC1. The van der Waals surface area contributed by atoms with Crippen molar-refractivity contribution in [2.75, 3.05) is 6.61 Å². The molecule has 0 aromatic heterocycles. The zero-order chi connectivity index (χ0) is 8.44. The summed E-state index contributed by atoms with van der Waals surface area (Å²) in [6.07, 6.45) is 13.0. The molecule has 1 aliphatic carbocycles. The van der Waals surface area contributed by atoms with Crippen molar-refractivity contribution in [1.82, 2.24) is 0 Å². The molecule has 12 heavy (non-hydrogen) atoms. The minimum Gasteiger partial charge on any atom is -0.378 e. The van der Waals surface area contributed by atoms with Crippen molar-refractivity contribution in [3.8, 4) is 0 Å². The Bertz CT molecular complexity index is 213. The Kier molecular flexibility index (Phi) is 2.05. The van der Waals surface area contributed by atoms with E-state index >= 15 is 0 Å². The molecule has 2 aliphatic rings. The number of hydrogen-bond donors (Lipinski definition) is 0. The van der Waals surface area contributed by atoms with Crippen LogP contribution in [0.3, 0.4) is 0 Å². The first-order valence-corrected chi connectivity index (χ1v) is 4.74. The molecular weight excluding hydrogens is 148 g/mol. The highest BCUT2D eigenvalue weighted by molar-refractivity contribution is 5.15. The zero-order valence-electron chi connectivity index (χ0n) is 7.62. The normalized spacial score (nSPS) is 39.6. The molecule has 2 atom stereocenters. The van der Waals surface area contributed by atoms with Gasteiger partial charge in [-0.1, -0.05) is 31.2 Å². The van der Waals surface area contributed by atoms with Crippen LogP contribution in [0.15, 0.2) is 24.3 Å². The van der Waals surface area contributed by atoms with Gasteiger partial charge in [0.2, 0.25) is 0 Å². The van der Waals surface area contributed by atoms with Gasteiger partial charge in [-0.15, -0.1) is 0 Å². The molecule has 1 saturated heterocycles. The van der Waals surface area contributed by atoms with E-state index in [1.807, 2.05) is 0 Å². The predicted octanol–water partition coefficient (Wildman–Crippen LogP) is 2.69. The molecule has 0 aromatic carbocycles. The summed E-state index contributed by atoms with van der Waals surface area (Å²) in [5.74, 6) is 0. The topological polar surface area (TPSA) is 9.23 Å². The lowest BCUT2D eigenvalue weighted by atomic mass is 9.78. The Labute approximate surface area is 74.1 Å². The van der Waals surface area contributed by atoms with Crippen molar-refractivity contribution in [2.24, 2.45) is 5.41 Å². The molecule has 0 N–H and O–H groups in total. The smallest absolute Gasteiger partial charge is 0.0605 e. The lowest BCUT2D eigenvalue weighted by molar-refractivity contribution is -0.0683. The van der Waals surface area contributed by atoms with E-state index in [1.54, 1.807) is 0 Å². The zero-order valence-corrected chi connectivity index (χ0v) is 7.62. The van der Waals surface area contributed by atoms with Crippen molar-refractivity contribution < 1.29 is 4.74 Å². The van der Waals surface area contributed by atoms with Crippen LogP contribution in [-0.2, 0) is 4.74 Å². The second-order valence-electron chi connectivity index (χ2n) is 4.13. The van der Waals surface area contributed by atoms with Gasteiger partial charge in [0.25, 0.3) is 0 Å². The summed E-state index contributed by atoms with van der Waals surface area (Å²) >= 11 is 0. The van der Waals surface area contributed by atoms with Crippen molar-refractivity contribution in [3.63, 3.8) is 0 Å². The summed E-state index contributed by atoms with van der Waals surface area (Å²) in [5.41, 5.74) is 0.361. The fourth-order valence-corrected chi connectivity index (χ4v) is 1.89. The third kappa shape index (κ3) is 1.61. The van der Waals surface area contributed by atoms with Crippen LogP contribution in [0.25, 0.3) is 0 Å². The monoisotopic (exact) mass is 164 g/mol. The minimum atomic E-state index is 0.361. The molecule has 0 aromatic rings. The molecule has 1 heterocycles. The predicted molar refractivity (Wildman–Crippen MR) is 50.0 cm³/mol. The van der Waals surface area contributed by atoms with E-state index in [2.05, 4.69) is 31.2 Å². The average molecular weight is 164 g/mol. The molecule has 2 rings (SSSR count). The summed E-state index contributed by atoms with van der Waals surface area (Å²) in [7, 11) is 0. The van der Waals surface area contributed by atoms with Gasteiger partial charge in [0, 0.05) is 6.61 Å². The van der Waals surface area contributed by atoms with Crippen molar-refractivity contribution >= 4 is 0 Å². The maximum atomic E-state index is 5.44. The third-order valence-electron chi connectivity index (χ3n) is 2.82. The van der Waals surface area contributed by atoms with Crippen LogP contribution in [-0.4, -0.2) is 12.7 Å². The first-order valence-electron chi connectivity index (χ1n) is 4.74. The second-order valence-corrected chi connectivity index (χ2v) is 4.13. The highest BCUT2D eigenvalue weighted by Gasteiger charge is 2.29. The minimum absolute atomic E-state index is 0.361. The highest BCUT2D eigenvalue weighted by atomic mass is 16.5. The van der Waals surface area contributed by atoms with E-state index in [-0.39, 0.29) is 0 Å². The molecule has 2 unspecified atom stereocenters.